The number of oxime groups is 1. The Hall–Kier alpha value is -0.570. The maximum absolute atomic E-state index is 8.67. The predicted octanol–water partition coefficient (Wildman–Crippen LogP) is 0.780. The van der Waals surface area contributed by atoms with Crippen molar-refractivity contribution in [3.63, 3.8) is 0 Å². The molecule has 1 N–H and O–H groups in total. The highest BCUT2D eigenvalue weighted by Gasteiger charge is 2.21. The first-order valence-electron chi connectivity index (χ1n) is 3.57. The van der Waals surface area contributed by atoms with Gasteiger partial charge in [0.15, 0.2) is 6.10 Å². The van der Waals surface area contributed by atoms with Gasteiger partial charge in [-0.2, -0.15) is 0 Å². The van der Waals surface area contributed by atoms with Crippen LogP contribution in [0.2, 0.25) is 0 Å². The van der Waals surface area contributed by atoms with Crippen LogP contribution in [-0.2, 0) is 4.84 Å². The van der Waals surface area contributed by atoms with Crippen molar-refractivity contribution in [1.82, 2.24) is 0 Å². The first kappa shape index (κ1) is 7.54. The maximum Gasteiger partial charge on any atom is 0.155 e. The molecule has 0 unspecified atom stereocenters. The van der Waals surface area contributed by atoms with E-state index in [4.69, 9.17) is 9.94 Å². The van der Waals surface area contributed by atoms with Gasteiger partial charge < -0.3 is 9.94 Å². The standard InChI is InChI=1S/C7H13NO2/c1-5(2)7-3-6(4-9)10-8-7/h5-6,9H,3-4H2,1-2H3/t6-/m0/s1. The molecule has 3 heteroatoms. The van der Waals surface area contributed by atoms with Crippen LogP contribution in [0.1, 0.15) is 20.3 Å². The number of hydrogen-bond donors (Lipinski definition) is 1. The summed E-state index contributed by atoms with van der Waals surface area (Å²) in [6.45, 7) is 4.21. The second-order valence-electron chi connectivity index (χ2n) is 2.85. The zero-order chi connectivity index (χ0) is 7.56. The van der Waals surface area contributed by atoms with Gasteiger partial charge in [-0.15, -0.1) is 0 Å². The average Bonchev–Trinajstić information content (AvgIpc) is 2.34. The van der Waals surface area contributed by atoms with Gasteiger partial charge in [0.05, 0.1) is 12.3 Å². The summed E-state index contributed by atoms with van der Waals surface area (Å²) in [5.74, 6) is 0.441. The molecule has 0 amide bonds. The van der Waals surface area contributed by atoms with E-state index in [2.05, 4.69) is 19.0 Å². The summed E-state index contributed by atoms with van der Waals surface area (Å²) >= 11 is 0. The van der Waals surface area contributed by atoms with Gasteiger partial charge in [0.25, 0.3) is 0 Å². The minimum Gasteiger partial charge on any atom is -0.392 e. The zero-order valence-electron chi connectivity index (χ0n) is 6.37. The van der Waals surface area contributed by atoms with Crippen LogP contribution in [0.4, 0.5) is 0 Å². The van der Waals surface area contributed by atoms with Gasteiger partial charge >= 0.3 is 0 Å². The summed E-state index contributed by atoms with van der Waals surface area (Å²) < 4.78 is 0. The van der Waals surface area contributed by atoms with Crippen molar-refractivity contribution in [2.45, 2.75) is 26.4 Å². The van der Waals surface area contributed by atoms with Gasteiger partial charge in [0.1, 0.15) is 0 Å². The minimum absolute atomic E-state index is 0.0692. The molecule has 1 heterocycles. The van der Waals surface area contributed by atoms with Crippen LogP contribution in [0, 0.1) is 5.92 Å². The molecule has 0 saturated carbocycles. The quantitative estimate of drug-likeness (QED) is 0.620. The first-order valence-corrected chi connectivity index (χ1v) is 3.57. The smallest absolute Gasteiger partial charge is 0.155 e. The van der Waals surface area contributed by atoms with Gasteiger partial charge in [-0.05, 0) is 5.92 Å². The summed E-state index contributed by atoms with van der Waals surface area (Å²) in [5, 5.41) is 12.5. The Balaban J connectivity index is 2.39. The van der Waals surface area contributed by atoms with Crippen LogP contribution < -0.4 is 0 Å². The van der Waals surface area contributed by atoms with Crippen LogP contribution in [0.3, 0.4) is 0 Å². The largest absolute Gasteiger partial charge is 0.392 e. The van der Waals surface area contributed by atoms with Gasteiger partial charge in [0.2, 0.25) is 0 Å². The zero-order valence-corrected chi connectivity index (χ0v) is 6.37. The Morgan fingerprint density at radius 2 is 2.50 bits per heavy atom. The van der Waals surface area contributed by atoms with Crippen molar-refractivity contribution in [3.8, 4) is 0 Å². The highest BCUT2D eigenvalue weighted by molar-refractivity contribution is 5.87. The number of rotatable bonds is 2. The van der Waals surface area contributed by atoms with Gasteiger partial charge in [-0.3, -0.25) is 0 Å². The molecule has 0 spiro atoms. The van der Waals surface area contributed by atoms with E-state index in [0.717, 1.165) is 12.1 Å². The lowest BCUT2D eigenvalue weighted by Crippen LogP contribution is -2.14. The maximum atomic E-state index is 8.67. The molecule has 0 aromatic rings. The van der Waals surface area contributed by atoms with Crippen LogP contribution in [-0.4, -0.2) is 23.5 Å². The van der Waals surface area contributed by atoms with E-state index in [-0.39, 0.29) is 12.7 Å². The lowest BCUT2D eigenvalue weighted by Gasteiger charge is -2.02. The van der Waals surface area contributed by atoms with E-state index in [1.54, 1.807) is 0 Å². The Labute approximate surface area is 60.7 Å². The van der Waals surface area contributed by atoms with Crippen molar-refractivity contribution in [1.29, 1.82) is 0 Å². The molecular formula is C7H13NO2. The monoisotopic (exact) mass is 143 g/mol. The average molecular weight is 143 g/mol. The predicted molar refractivity (Wildman–Crippen MR) is 38.8 cm³/mol. The van der Waals surface area contributed by atoms with Crippen LogP contribution >= 0.6 is 0 Å². The highest BCUT2D eigenvalue weighted by atomic mass is 16.6. The third-order valence-corrected chi connectivity index (χ3v) is 1.63. The van der Waals surface area contributed by atoms with E-state index < -0.39 is 0 Å². The molecule has 1 aliphatic heterocycles. The van der Waals surface area contributed by atoms with Crippen molar-refractivity contribution < 1.29 is 9.94 Å². The fourth-order valence-electron chi connectivity index (χ4n) is 0.889. The number of hydrogen-bond acceptors (Lipinski definition) is 3. The molecule has 3 nitrogen and oxygen atoms in total. The molecule has 0 aliphatic carbocycles. The molecule has 0 bridgehead atoms. The lowest BCUT2D eigenvalue weighted by molar-refractivity contribution is 0.0390. The molecular weight excluding hydrogens is 130 g/mol. The van der Waals surface area contributed by atoms with Crippen LogP contribution in [0.25, 0.3) is 0 Å². The Morgan fingerprint density at radius 1 is 1.80 bits per heavy atom. The molecule has 58 valence electrons. The van der Waals surface area contributed by atoms with Gasteiger partial charge in [-0.1, -0.05) is 19.0 Å². The Kier molecular flexibility index (Phi) is 2.27. The van der Waals surface area contributed by atoms with E-state index >= 15 is 0 Å². The summed E-state index contributed by atoms with van der Waals surface area (Å²) in [7, 11) is 0. The molecule has 1 atom stereocenters. The van der Waals surface area contributed by atoms with Crippen molar-refractivity contribution in [2.24, 2.45) is 11.1 Å². The Bertz CT molecular complexity index is 143. The van der Waals surface area contributed by atoms with Crippen molar-refractivity contribution >= 4 is 5.71 Å². The molecule has 10 heavy (non-hydrogen) atoms. The van der Waals surface area contributed by atoms with E-state index in [1.165, 1.54) is 0 Å². The molecule has 0 saturated heterocycles. The van der Waals surface area contributed by atoms with Crippen molar-refractivity contribution in [2.75, 3.05) is 6.61 Å². The SMILES string of the molecule is CC(C)C1=NO[C@H](CO)C1. The molecule has 0 aromatic heterocycles. The molecule has 1 aliphatic rings. The van der Waals surface area contributed by atoms with E-state index in [9.17, 15) is 0 Å². The van der Waals surface area contributed by atoms with Gasteiger partial charge in [0, 0.05) is 6.42 Å². The van der Waals surface area contributed by atoms with E-state index in [1.807, 2.05) is 0 Å². The molecule has 1 rings (SSSR count). The fourth-order valence-corrected chi connectivity index (χ4v) is 0.889. The third kappa shape index (κ3) is 1.48. The summed E-state index contributed by atoms with van der Waals surface area (Å²) in [4.78, 5) is 4.91. The third-order valence-electron chi connectivity index (χ3n) is 1.63. The van der Waals surface area contributed by atoms with Crippen molar-refractivity contribution in [3.05, 3.63) is 0 Å². The second kappa shape index (κ2) is 3.01. The topological polar surface area (TPSA) is 41.8 Å². The van der Waals surface area contributed by atoms with Crippen LogP contribution in [0.15, 0.2) is 5.16 Å². The fraction of sp³-hybridized carbons (Fsp3) is 0.857. The molecule has 0 fully saturated rings. The summed E-state index contributed by atoms with van der Waals surface area (Å²) in [6, 6.07) is 0. The Morgan fingerprint density at radius 3 is 2.80 bits per heavy atom. The molecule has 0 aromatic carbocycles. The normalized spacial score (nSPS) is 24.8. The summed E-state index contributed by atoms with van der Waals surface area (Å²) in [5.41, 5.74) is 1.05. The number of aliphatic hydroxyl groups excluding tert-OH is 1. The van der Waals surface area contributed by atoms with E-state index in [0.29, 0.717) is 5.92 Å². The number of nitrogens with zero attached hydrogens (tertiary/aromatic N) is 1. The summed E-state index contributed by atoms with van der Waals surface area (Å²) in [6.07, 6.45) is 0.700. The minimum atomic E-state index is -0.0857. The number of aliphatic hydroxyl groups is 1. The highest BCUT2D eigenvalue weighted by Crippen LogP contribution is 2.14. The van der Waals surface area contributed by atoms with Crippen LogP contribution in [0.5, 0.6) is 0 Å². The van der Waals surface area contributed by atoms with Gasteiger partial charge in [-0.25, -0.2) is 0 Å². The second-order valence-corrected chi connectivity index (χ2v) is 2.85. The first-order chi connectivity index (χ1) is 4.74. The molecule has 0 radical (unpaired) electrons. The lowest BCUT2D eigenvalue weighted by atomic mass is 10.0.